The Hall–Kier alpha value is -3.75. The van der Waals surface area contributed by atoms with E-state index in [1.54, 1.807) is 31.3 Å². The summed E-state index contributed by atoms with van der Waals surface area (Å²) in [6.07, 6.45) is 3.95. The molecular formula is C22H21FN6O2. The Morgan fingerprint density at radius 2 is 2.10 bits per heavy atom. The number of nitrogens with zero attached hydrogens (tertiary/aromatic N) is 2. The molecule has 2 amide bonds. The Morgan fingerprint density at radius 1 is 1.26 bits per heavy atom. The number of anilines is 3. The largest absolute Gasteiger partial charge is 0.355 e. The van der Waals surface area contributed by atoms with Crippen molar-refractivity contribution in [3.05, 3.63) is 53.1 Å². The number of rotatable bonds is 5. The molecule has 0 bridgehead atoms. The minimum Gasteiger partial charge on any atom is -0.355 e. The van der Waals surface area contributed by atoms with Crippen molar-refractivity contribution in [3.8, 4) is 11.4 Å². The summed E-state index contributed by atoms with van der Waals surface area (Å²) in [6, 6.07) is 6.45. The van der Waals surface area contributed by atoms with Crippen LogP contribution in [0, 0.1) is 18.7 Å². The van der Waals surface area contributed by atoms with Crippen molar-refractivity contribution in [2.75, 3.05) is 17.2 Å². The van der Waals surface area contributed by atoms with Gasteiger partial charge < -0.3 is 15.6 Å². The maximum absolute atomic E-state index is 14.1. The van der Waals surface area contributed by atoms with Crippen LogP contribution in [0.4, 0.5) is 21.7 Å². The molecule has 0 atom stereocenters. The zero-order valence-electron chi connectivity index (χ0n) is 16.9. The highest BCUT2D eigenvalue weighted by Gasteiger charge is 2.31. The fraction of sp³-hybridized carbons (Fsp3) is 0.273. The Morgan fingerprint density at radius 3 is 2.90 bits per heavy atom. The van der Waals surface area contributed by atoms with Crippen molar-refractivity contribution in [2.24, 2.45) is 5.92 Å². The van der Waals surface area contributed by atoms with Gasteiger partial charge in [0.15, 0.2) is 0 Å². The van der Waals surface area contributed by atoms with E-state index < -0.39 is 0 Å². The van der Waals surface area contributed by atoms with Gasteiger partial charge in [-0.1, -0.05) is 6.07 Å². The number of nitrogens with one attached hydrogen (secondary N) is 4. The molecular weight excluding hydrogens is 399 g/mol. The average Bonchev–Trinajstić information content (AvgIpc) is 3.54. The highest BCUT2D eigenvalue weighted by molar-refractivity contribution is 6.06. The monoisotopic (exact) mass is 420 g/mol. The zero-order valence-corrected chi connectivity index (χ0v) is 16.9. The standard InChI is InChI=1S/C22H21FN6O2/c1-11-13(23)3-2-4-14(11)26-19-17-15(7-9-24-21(17)31)27-18(19)16-8-10-25-22(28-16)29-20(30)12-5-6-12/h2-4,8,10,12,26-27H,5-7,9H2,1H3,(H,24,31)(H,25,28,29,30). The van der Waals surface area contributed by atoms with Crippen molar-refractivity contribution < 1.29 is 14.0 Å². The van der Waals surface area contributed by atoms with Crippen molar-refractivity contribution in [1.82, 2.24) is 20.3 Å². The first kappa shape index (κ1) is 19.2. The molecule has 5 rings (SSSR count). The van der Waals surface area contributed by atoms with E-state index >= 15 is 0 Å². The highest BCUT2D eigenvalue weighted by Crippen LogP contribution is 2.37. The van der Waals surface area contributed by atoms with Crippen LogP contribution in [-0.2, 0) is 11.2 Å². The summed E-state index contributed by atoms with van der Waals surface area (Å²) in [6.45, 7) is 2.20. The molecule has 3 heterocycles. The molecule has 0 saturated heterocycles. The van der Waals surface area contributed by atoms with Gasteiger partial charge >= 0.3 is 0 Å². The summed E-state index contributed by atoms with van der Waals surface area (Å²) in [5.74, 6) is -0.401. The summed E-state index contributed by atoms with van der Waals surface area (Å²) in [5.41, 5.74) is 3.86. The number of carbonyl (C=O) groups is 2. The lowest BCUT2D eigenvalue weighted by Gasteiger charge is -2.16. The van der Waals surface area contributed by atoms with Crippen molar-refractivity contribution >= 4 is 29.1 Å². The summed E-state index contributed by atoms with van der Waals surface area (Å²) in [5, 5.41) is 8.82. The quantitative estimate of drug-likeness (QED) is 0.506. The van der Waals surface area contributed by atoms with E-state index in [-0.39, 0.29) is 29.5 Å². The molecule has 158 valence electrons. The Bertz CT molecular complexity index is 1200. The van der Waals surface area contributed by atoms with Gasteiger partial charge in [0.2, 0.25) is 11.9 Å². The van der Waals surface area contributed by atoms with E-state index in [0.717, 1.165) is 18.5 Å². The first-order chi connectivity index (χ1) is 15.0. The number of aromatic nitrogens is 3. The minimum absolute atomic E-state index is 0.0296. The third-order valence-electron chi connectivity index (χ3n) is 5.59. The van der Waals surface area contributed by atoms with E-state index in [0.29, 0.717) is 46.9 Å². The van der Waals surface area contributed by atoms with E-state index in [9.17, 15) is 14.0 Å². The van der Waals surface area contributed by atoms with Gasteiger partial charge in [-0.3, -0.25) is 14.9 Å². The third kappa shape index (κ3) is 3.63. The smallest absolute Gasteiger partial charge is 0.255 e. The Labute approximate surface area is 177 Å². The number of carbonyl (C=O) groups excluding carboxylic acids is 2. The molecule has 8 nitrogen and oxygen atoms in total. The Balaban J connectivity index is 1.58. The van der Waals surface area contributed by atoms with Gasteiger partial charge in [0.05, 0.1) is 22.6 Å². The van der Waals surface area contributed by atoms with Gasteiger partial charge in [-0.25, -0.2) is 14.4 Å². The van der Waals surface area contributed by atoms with Gasteiger partial charge in [-0.05, 0) is 38.0 Å². The van der Waals surface area contributed by atoms with E-state index in [4.69, 9.17) is 0 Å². The molecule has 0 spiro atoms. The number of amides is 2. The molecule has 4 N–H and O–H groups in total. The zero-order chi connectivity index (χ0) is 21.5. The van der Waals surface area contributed by atoms with Crippen LogP contribution in [0.25, 0.3) is 11.4 Å². The molecule has 1 fully saturated rings. The van der Waals surface area contributed by atoms with Crippen LogP contribution in [0.2, 0.25) is 0 Å². The van der Waals surface area contributed by atoms with Crippen LogP contribution in [0.15, 0.2) is 30.5 Å². The Kier molecular flexibility index (Phi) is 4.65. The molecule has 1 aromatic carbocycles. The van der Waals surface area contributed by atoms with E-state index in [1.165, 1.54) is 6.07 Å². The number of H-pyrrole nitrogens is 1. The fourth-order valence-electron chi connectivity index (χ4n) is 3.69. The van der Waals surface area contributed by atoms with Gasteiger partial charge in [-0.2, -0.15) is 0 Å². The fourth-order valence-corrected chi connectivity index (χ4v) is 3.69. The van der Waals surface area contributed by atoms with Crippen LogP contribution < -0.4 is 16.0 Å². The first-order valence-corrected chi connectivity index (χ1v) is 10.2. The van der Waals surface area contributed by atoms with Crippen LogP contribution in [0.5, 0.6) is 0 Å². The summed E-state index contributed by atoms with van der Waals surface area (Å²) < 4.78 is 14.1. The lowest BCUT2D eigenvalue weighted by Crippen LogP contribution is -2.31. The molecule has 1 aliphatic heterocycles. The number of fused-ring (bicyclic) bond motifs is 1. The predicted octanol–water partition coefficient (Wildman–Crippen LogP) is 3.30. The SMILES string of the molecule is Cc1c(F)cccc1Nc1c(-c2ccnc(NC(=O)C3CC3)n2)[nH]c2c1C(=O)NCC2. The second-order valence-corrected chi connectivity index (χ2v) is 7.80. The summed E-state index contributed by atoms with van der Waals surface area (Å²) >= 11 is 0. The van der Waals surface area contributed by atoms with Crippen LogP contribution >= 0.6 is 0 Å². The third-order valence-corrected chi connectivity index (χ3v) is 5.59. The summed E-state index contributed by atoms with van der Waals surface area (Å²) in [7, 11) is 0. The van der Waals surface area contributed by atoms with Crippen LogP contribution in [-0.4, -0.2) is 33.3 Å². The average molecular weight is 420 g/mol. The molecule has 0 unspecified atom stereocenters. The number of aromatic amines is 1. The maximum Gasteiger partial charge on any atom is 0.255 e. The molecule has 2 aromatic heterocycles. The number of hydrogen-bond donors (Lipinski definition) is 4. The predicted molar refractivity (Wildman–Crippen MR) is 114 cm³/mol. The van der Waals surface area contributed by atoms with E-state index in [2.05, 4.69) is 30.9 Å². The number of hydrogen-bond acceptors (Lipinski definition) is 5. The molecule has 9 heteroatoms. The van der Waals surface area contributed by atoms with Crippen molar-refractivity contribution in [2.45, 2.75) is 26.2 Å². The number of benzene rings is 1. The molecule has 3 aromatic rings. The molecule has 1 saturated carbocycles. The minimum atomic E-state index is -0.340. The highest BCUT2D eigenvalue weighted by atomic mass is 19.1. The van der Waals surface area contributed by atoms with Gasteiger partial charge in [0.1, 0.15) is 5.82 Å². The van der Waals surface area contributed by atoms with E-state index in [1.807, 2.05) is 0 Å². The second-order valence-electron chi connectivity index (χ2n) is 7.80. The number of halogens is 1. The molecule has 31 heavy (non-hydrogen) atoms. The van der Waals surface area contributed by atoms with Crippen molar-refractivity contribution in [1.29, 1.82) is 0 Å². The van der Waals surface area contributed by atoms with Gasteiger partial charge in [0, 0.05) is 42.0 Å². The van der Waals surface area contributed by atoms with Crippen LogP contribution in [0.3, 0.4) is 0 Å². The normalized spacial score (nSPS) is 15.2. The molecule has 0 radical (unpaired) electrons. The first-order valence-electron chi connectivity index (χ1n) is 10.2. The molecule has 1 aliphatic carbocycles. The van der Waals surface area contributed by atoms with Crippen LogP contribution in [0.1, 0.15) is 34.5 Å². The van der Waals surface area contributed by atoms with Gasteiger partial charge in [-0.15, -0.1) is 0 Å². The van der Waals surface area contributed by atoms with Crippen molar-refractivity contribution in [3.63, 3.8) is 0 Å². The maximum atomic E-state index is 14.1. The lowest BCUT2D eigenvalue weighted by atomic mass is 10.1. The lowest BCUT2D eigenvalue weighted by molar-refractivity contribution is -0.117. The topological polar surface area (TPSA) is 112 Å². The summed E-state index contributed by atoms with van der Waals surface area (Å²) in [4.78, 5) is 36.7. The van der Waals surface area contributed by atoms with Gasteiger partial charge in [0.25, 0.3) is 5.91 Å². The second kappa shape index (κ2) is 7.50. The molecule has 2 aliphatic rings.